The first-order chi connectivity index (χ1) is 30.5. The number of aromatic nitrogens is 3. The molecule has 5 unspecified atom stereocenters. The molecule has 2 bridgehead atoms. The molecule has 4 nitrogen and oxygen atoms in total. The SMILES string of the molecule is N#Cc1ccc(-c2ccc(C34CC5CC6CC(c7ccc(-c8ccc9ccc%10cc(-c%11nc(-c%12ccccc%12)nc(-c%12ccccc%12)n%11)ccc%10c9c8)cc7)(C3)C56C4)cc2)cc1. The first kappa shape index (κ1) is 35.5. The first-order valence-electron chi connectivity index (χ1n) is 22.1. The van der Waals surface area contributed by atoms with Crippen LogP contribution in [-0.2, 0) is 10.8 Å². The van der Waals surface area contributed by atoms with Crippen molar-refractivity contribution in [1.29, 1.82) is 5.26 Å². The Morgan fingerprint density at radius 3 is 1.61 bits per heavy atom. The predicted octanol–water partition coefficient (Wildman–Crippen LogP) is 13.8. The minimum Gasteiger partial charge on any atom is -0.208 e. The van der Waals surface area contributed by atoms with Gasteiger partial charge in [-0.3, -0.25) is 0 Å². The van der Waals surface area contributed by atoms with Crippen molar-refractivity contribution < 1.29 is 0 Å². The van der Waals surface area contributed by atoms with Gasteiger partial charge < -0.3 is 0 Å². The van der Waals surface area contributed by atoms with Gasteiger partial charge in [0.05, 0.1) is 11.6 Å². The minimum atomic E-state index is 0.259. The van der Waals surface area contributed by atoms with Crippen LogP contribution in [0.25, 0.3) is 78.0 Å². The van der Waals surface area contributed by atoms with Crippen molar-refractivity contribution in [3.05, 3.63) is 199 Å². The van der Waals surface area contributed by atoms with E-state index in [0.29, 0.717) is 28.5 Å². The van der Waals surface area contributed by atoms with Crippen LogP contribution in [0.2, 0.25) is 0 Å². The summed E-state index contributed by atoms with van der Waals surface area (Å²) < 4.78 is 0. The van der Waals surface area contributed by atoms with E-state index < -0.39 is 0 Å². The van der Waals surface area contributed by atoms with Crippen LogP contribution in [-0.4, -0.2) is 15.0 Å². The van der Waals surface area contributed by atoms with Gasteiger partial charge in [0, 0.05) is 22.1 Å². The third-order valence-corrected chi connectivity index (χ3v) is 15.8. The molecule has 13 rings (SSSR count). The Kier molecular flexibility index (Phi) is 7.53. The highest BCUT2D eigenvalue weighted by Crippen LogP contribution is 2.89. The summed E-state index contributed by atoms with van der Waals surface area (Å²) in [6.07, 6.45) is 6.69. The van der Waals surface area contributed by atoms with Crippen molar-refractivity contribution in [2.24, 2.45) is 17.3 Å². The maximum Gasteiger partial charge on any atom is 0.164 e. The monoisotopic (exact) mass is 794 g/mol. The second kappa shape index (κ2) is 13.1. The second-order valence-corrected chi connectivity index (χ2v) is 18.6. The van der Waals surface area contributed by atoms with Gasteiger partial charge in [-0.25, -0.2) is 15.0 Å². The molecule has 4 aliphatic rings. The lowest BCUT2D eigenvalue weighted by Gasteiger charge is -2.73. The Bertz CT molecular complexity index is 3220. The van der Waals surface area contributed by atoms with Gasteiger partial charge in [-0.05, 0) is 134 Å². The largest absolute Gasteiger partial charge is 0.208 e. The summed E-state index contributed by atoms with van der Waals surface area (Å²) in [5, 5.41) is 14.1. The summed E-state index contributed by atoms with van der Waals surface area (Å²) in [7, 11) is 0. The topological polar surface area (TPSA) is 62.5 Å². The molecule has 0 radical (unpaired) electrons. The number of benzene rings is 8. The zero-order valence-electron chi connectivity index (χ0n) is 34.3. The zero-order chi connectivity index (χ0) is 41.0. The van der Waals surface area contributed by atoms with E-state index in [2.05, 4.69) is 115 Å². The van der Waals surface area contributed by atoms with Crippen LogP contribution in [0.4, 0.5) is 0 Å². The second-order valence-electron chi connectivity index (χ2n) is 18.6. The lowest BCUT2D eigenvalue weighted by molar-refractivity contribution is -0.199. The fourth-order valence-corrected chi connectivity index (χ4v) is 13.1. The van der Waals surface area contributed by atoms with Crippen LogP contribution in [0.3, 0.4) is 0 Å². The van der Waals surface area contributed by atoms with E-state index in [4.69, 9.17) is 15.0 Å². The van der Waals surface area contributed by atoms with Crippen LogP contribution in [0, 0.1) is 28.6 Å². The Hall–Kier alpha value is -7.22. The van der Waals surface area contributed by atoms with Crippen molar-refractivity contribution in [3.8, 4) is 62.5 Å². The fourth-order valence-electron chi connectivity index (χ4n) is 13.1. The van der Waals surface area contributed by atoms with Crippen molar-refractivity contribution in [2.75, 3.05) is 0 Å². The molecule has 4 fully saturated rings. The van der Waals surface area contributed by atoms with Gasteiger partial charge in [-0.15, -0.1) is 0 Å². The molecule has 0 aliphatic heterocycles. The Labute approximate surface area is 361 Å². The molecule has 1 spiro atoms. The average Bonchev–Trinajstić information content (AvgIpc) is 3.81. The summed E-state index contributed by atoms with van der Waals surface area (Å²) in [4.78, 5) is 14.9. The van der Waals surface area contributed by atoms with Crippen LogP contribution in [0.1, 0.15) is 48.8 Å². The van der Waals surface area contributed by atoms with Gasteiger partial charge in [0.2, 0.25) is 0 Å². The molecule has 1 aromatic heterocycles. The molecule has 9 aromatic rings. The van der Waals surface area contributed by atoms with Crippen LogP contribution in [0.15, 0.2) is 182 Å². The lowest BCUT2D eigenvalue weighted by atomic mass is 9.30. The molecule has 1 heterocycles. The summed E-state index contributed by atoms with van der Waals surface area (Å²) in [6.45, 7) is 0. The lowest BCUT2D eigenvalue weighted by Crippen LogP contribution is -2.69. The molecule has 4 aliphatic carbocycles. The van der Waals surface area contributed by atoms with Crippen molar-refractivity contribution in [2.45, 2.75) is 42.9 Å². The van der Waals surface area contributed by atoms with Crippen LogP contribution < -0.4 is 0 Å². The maximum atomic E-state index is 9.26. The number of rotatable bonds is 7. The first-order valence-corrected chi connectivity index (χ1v) is 22.1. The average molecular weight is 795 g/mol. The van der Waals surface area contributed by atoms with E-state index in [1.807, 2.05) is 72.8 Å². The molecule has 294 valence electrons. The smallest absolute Gasteiger partial charge is 0.164 e. The van der Waals surface area contributed by atoms with E-state index >= 15 is 0 Å². The van der Waals surface area contributed by atoms with Crippen molar-refractivity contribution >= 4 is 21.5 Å². The number of fused-ring (bicyclic) bond motifs is 4. The van der Waals surface area contributed by atoms with Gasteiger partial charge in [0.15, 0.2) is 17.5 Å². The Balaban J connectivity index is 0.810. The molecule has 4 heteroatoms. The zero-order valence-corrected chi connectivity index (χ0v) is 34.3. The predicted molar refractivity (Wildman–Crippen MR) is 249 cm³/mol. The standard InChI is InChI=1S/C58H42N4/c59-34-37-11-13-38(14-12-37)39-19-24-47(25-20-39)56-32-49-31-50-33-57(35-56,58(49,50)36-56)48-26-21-40(22-27-48)44-17-15-41-16-18-45-29-46(23-28-51(45)52(41)30-44)55-61-53(42-7-3-1-4-8-42)60-54(62-55)43-9-5-2-6-10-43/h1-30,49-50H,31-33,35-36H2. The number of nitriles is 1. The summed E-state index contributed by atoms with van der Waals surface area (Å²) in [5.41, 5.74) is 12.6. The highest BCUT2D eigenvalue weighted by molar-refractivity contribution is 6.09. The van der Waals surface area contributed by atoms with E-state index in [1.54, 1.807) is 5.56 Å². The molecule has 4 saturated carbocycles. The van der Waals surface area contributed by atoms with Gasteiger partial charge >= 0.3 is 0 Å². The number of hydrogen-bond acceptors (Lipinski definition) is 4. The molecular weight excluding hydrogens is 753 g/mol. The summed E-state index contributed by atoms with van der Waals surface area (Å²) >= 11 is 0. The normalized spacial score (nSPS) is 24.0. The highest BCUT2D eigenvalue weighted by atomic mass is 15.0. The maximum absolute atomic E-state index is 9.26. The molecule has 0 amide bonds. The minimum absolute atomic E-state index is 0.259. The van der Waals surface area contributed by atoms with Crippen LogP contribution >= 0.6 is 0 Å². The summed E-state index contributed by atoms with van der Waals surface area (Å²) in [6, 6.07) is 67.7. The van der Waals surface area contributed by atoms with Gasteiger partial charge in [-0.2, -0.15) is 5.26 Å². The quantitative estimate of drug-likeness (QED) is 0.151. The third-order valence-electron chi connectivity index (χ3n) is 15.8. The molecule has 0 saturated heterocycles. The molecule has 5 atom stereocenters. The molecule has 62 heavy (non-hydrogen) atoms. The molecular formula is C58H42N4. The van der Waals surface area contributed by atoms with Crippen molar-refractivity contribution in [3.63, 3.8) is 0 Å². The van der Waals surface area contributed by atoms with E-state index in [0.717, 1.165) is 33.9 Å². The van der Waals surface area contributed by atoms with E-state index in [1.165, 1.54) is 76.1 Å². The van der Waals surface area contributed by atoms with E-state index in [-0.39, 0.29) is 10.8 Å². The molecule has 8 aromatic carbocycles. The van der Waals surface area contributed by atoms with Crippen molar-refractivity contribution in [1.82, 2.24) is 15.0 Å². The molecule has 0 N–H and O–H groups in total. The summed E-state index contributed by atoms with van der Waals surface area (Å²) in [5.74, 6) is 3.71. The third kappa shape index (κ3) is 5.09. The Morgan fingerprint density at radius 1 is 0.435 bits per heavy atom. The highest BCUT2D eigenvalue weighted by Gasteiger charge is 2.84. The van der Waals surface area contributed by atoms with Crippen LogP contribution in [0.5, 0.6) is 0 Å². The van der Waals surface area contributed by atoms with Gasteiger partial charge in [0.25, 0.3) is 0 Å². The van der Waals surface area contributed by atoms with Gasteiger partial charge in [0.1, 0.15) is 0 Å². The number of hydrogen-bond donors (Lipinski definition) is 0. The Morgan fingerprint density at radius 2 is 0.968 bits per heavy atom. The van der Waals surface area contributed by atoms with Gasteiger partial charge in [-0.1, -0.05) is 158 Å². The fraction of sp³-hybridized carbons (Fsp3) is 0.172. The van der Waals surface area contributed by atoms with E-state index in [9.17, 15) is 5.26 Å². The number of nitrogens with zero attached hydrogens (tertiary/aromatic N) is 4.